The molecular weight excluding hydrogens is 342 g/mol. The van der Waals surface area contributed by atoms with E-state index < -0.39 is 5.97 Å². The molecule has 1 aliphatic heterocycles. The minimum absolute atomic E-state index is 0.00355. The Balaban J connectivity index is 1.52. The van der Waals surface area contributed by atoms with Gasteiger partial charge in [-0.3, -0.25) is 4.79 Å². The monoisotopic (exact) mass is 355 g/mol. The number of hydrogen-bond donors (Lipinski definition) is 2. The fourth-order valence-electron chi connectivity index (χ4n) is 2.86. The largest absolute Gasteiger partial charge is 0.423 e. The van der Waals surface area contributed by atoms with Crippen LogP contribution in [0.25, 0.3) is 10.9 Å². The highest BCUT2D eigenvalue weighted by atomic mass is 35.5. The molecule has 2 heterocycles. The van der Waals surface area contributed by atoms with Crippen molar-refractivity contribution in [3.63, 3.8) is 0 Å². The lowest BCUT2D eigenvalue weighted by Crippen LogP contribution is -2.41. The Morgan fingerprint density at radius 1 is 1.24 bits per heavy atom. The molecule has 1 aromatic heterocycles. The maximum atomic E-state index is 12.4. The number of carbonyl (C=O) groups excluding carboxylic acids is 2. The quantitative estimate of drug-likeness (QED) is 0.559. The zero-order valence-corrected chi connectivity index (χ0v) is 13.8. The number of H-pyrrole nitrogens is 1. The van der Waals surface area contributed by atoms with Gasteiger partial charge in [0.15, 0.2) is 5.75 Å². The van der Waals surface area contributed by atoms with E-state index in [0.717, 1.165) is 10.9 Å². The number of aromatic amines is 1. The minimum Gasteiger partial charge on any atom is -0.423 e. The molecule has 3 aromatic rings. The van der Waals surface area contributed by atoms with Crippen LogP contribution in [0.15, 0.2) is 48.7 Å². The van der Waals surface area contributed by atoms with E-state index in [0.29, 0.717) is 22.1 Å². The number of rotatable bonds is 3. The first-order chi connectivity index (χ1) is 12.1. The van der Waals surface area contributed by atoms with Gasteiger partial charge in [-0.1, -0.05) is 17.7 Å². The number of benzene rings is 2. The van der Waals surface area contributed by atoms with E-state index in [1.165, 1.54) is 0 Å². The topological polar surface area (TPSA) is 74.4 Å². The van der Waals surface area contributed by atoms with Crippen molar-refractivity contribution in [2.24, 2.45) is 0 Å². The Labute approximate surface area is 148 Å². The minimum atomic E-state index is -0.407. The third-order valence-electron chi connectivity index (χ3n) is 3.98. The van der Waals surface area contributed by atoms with Gasteiger partial charge in [-0.2, -0.15) is 0 Å². The second-order valence-electron chi connectivity index (χ2n) is 5.77. The fourth-order valence-corrected chi connectivity index (χ4v) is 3.03. The van der Waals surface area contributed by atoms with Crippen LogP contribution in [0.3, 0.4) is 0 Å². The van der Waals surface area contributed by atoms with E-state index in [4.69, 9.17) is 16.3 Å². The number of esters is 1. The summed E-state index contributed by atoms with van der Waals surface area (Å²) in [7, 11) is 0. The van der Waals surface area contributed by atoms with Crippen molar-refractivity contribution >= 4 is 45.8 Å². The SMILES string of the molecule is O=C(CN1CC(=O)Oc2ccc(Cl)cc21)Nc1ccc2cc[nH]c2c1. The van der Waals surface area contributed by atoms with Crippen molar-refractivity contribution in [2.45, 2.75) is 0 Å². The fraction of sp³-hybridized carbons (Fsp3) is 0.111. The molecule has 0 radical (unpaired) electrons. The van der Waals surface area contributed by atoms with Gasteiger partial charge < -0.3 is 19.9 Å². The maximum Gasteiger partial charge on any atom is 0.331 e. The number of nitrogens with one attached hydrogen (secondary N) is 2. The van der Waals surface area contributed by atoms with Gasteiger partial charge in [0, 0.05) is 22.4 Å². The Morgan fingerprint density at radius 2 is 2.12 bits per heavy atom. The van der Waals surface area contributed by atoms with Crippen LogP contribution in [-0.4, -0.2) is 29.9 Å². The first kappa shape index (κ1) is 15.5. The molecule has 0 unspecified atom stereocenters. The van der Waals surface area contributed by atoms with Crippen molar-refractivity contribution in [3.05, 3.63) is 53.7 Å². The van der Waals surface area contributed by atoms with Gasteiger partial charge >= 0.3 is 5.97 Å². The number of carbonyl (C=O) groups is 2. The van der Waals surface area contributed by atoms with E-state index in [9.17, 15) is 9.59 Å². The Bertz CT molecular complexity index is 983. The van der Waals surface area contributed by atoms with Crippen LogP contribution in [0.4, 0.5) is 11.4 Å². The van der Waals surface area contributed by atoms with E-state index in [-0.39, 0.29) is 19.0 Å². The number of amides is 1. The molecule has 0 aliphatic carbocycles. The summed E-state index contributed by atoms with van der Waals surface area (Å²) >= 11 is 6.02. The van der Waals surface area contributed by atoms with Crippen LogP contribution < -0.4 is 15.0 Å². The van der Waals surface area contributed by atoms with Gasteiger partial charge in [-0.05, 0) is 41.8 Å². The van der Waals surface area contributed by atoms with E-state index in [2.05, 4.69) is 10.3 Å². The van der Waals surface area contributed by atoms with Crippen molar-refractivity contribution < 1.29 is 14.3 Å². The molecule has 1 aliphatic rings. The predicted molar refractivity (Wildman–Crippen MR) is 96.2 cm³/mol. The molecule has 4 rings (SSSR count). The summed E-state index contributed by atoms with van der Waals surface area (Å²) in [6, 6.07) is 12.5. The van der Waals surface area contributed by atoms with Crippen LogP contribution in [0.2, 0.25) is 5.02 Å². The smallest absolute Gasteiger partial charge is 0.331 e. The summed E-state index contributed by atoms with van der Waals surface area (Å²) in [5.74, 6) is -0.233. The molecule has 7 heteroatoms. The molecule has 126 valence electrons. The summed E-state index contributed by atoms with van der Waals surface area (Å²) < 4.78 is 5.18. The van der Waals surface area contributed by atoms with Crippen LogP contribution in [0, 0.1) is 0 Å². The molecule has 0 saturated heterocycles. The number of hydrogen-bond acceptors (Lipinski definition) is 4. The highest BCUT2D eigenvalue weighted by molar-refractivity contribution is 6.31. The van der Waals surface area contributed by atoms with Gasteiger partial charge in [0.1, 0.15) is 6.54 Å². The number of nitrogens with zero attached hydrogens (tertiary/aromatic N) is 1. The lowest BCUT2D eigenvalue weighted by atomic mass is 10.2. The summed E-state index contributed by atoms with van der Waals surface area (Å²) in [4.78, 5) is 28.9. The standard InChI is InChI=1S/C18H14ClN3O3/c19-12-2-4-16-15(7-12)22(10-18(24)25-16)9-17(23)21-13-3-1-11-5-6-20-14(11)8-13/h1-8,20H,9-10H2,(H,21,23). The Morgan fingerprint density at radius 3 is 3.00 bits per heavy atom. The summed E-state index contributed by atoms with van der Waals surface area (Å²) in [5, 5.41) is 4.43. The van der Waals surface area contributed by atoms with Crippen LogP contribution in [-0.2, 0) is 9.59 Å². The number of ether oxygens (including phenoxy) is 1. The number of anilines is 2. The van der Waals surface area contributed by atoms with Crippen molar-refractivity contribution in [1.29, 1.82) is 0 Å². The Kier molecular flexibility index (Phi) is 3.82. The van der Waals surface area contributed by atoms with Crippen LogP contribution in [0.5, 0.6) is 5.75 Å². The lowest BCUT2D eigenvalue weighted by molar-refractivity contribution is -0.133. The molecule has 6 nitrogen and oxygen atoms in total. The number of aromatic nitrogens is 1. The molecule has 25 heavy (non-hydrogen) atoms. The third-order valence-corrected chi connectivity index (χ3v) is 4.21. The van der Waals surface area contributed by atoms with Gasteiger partial charge in [0.05, 0.1) is 12.2 Å². The molecule has 2 N–H and O–H groups in total. The molecule has 0 fully saturated rings. The highest BCUT2D eigenvalue weighted by Gasteiger charge is 2.26. The maximum absolute atomic E-state index is 12.4. The molecule has 1 amide bonds. The lowest BCUT2D eigenvalue weighted by Gasteiger charge is -2.29. The van der Waals surface area contributed by atoms with Gasteiger partial charge in [0.2, 0.25) is 5.91 Å². The molecular formula is C18H14ClN3O3. The third kappa shape index (κ3) is 3.16. The summed E-state index contributed by atoms with van der Waals surface area (Å²) in [6.07, 6.45) is 1.84. The van der Waals surface area contributed by atoms with Gasteiger partial charge in [-0.25, -0.2) is 4.79 Å². The number of fused-ring (bicyclic) bond motifs is 2. The molecule has 2 aromatic carbocycles. The zero-order chi connectivity index (χ0) is 17.4. The van der Waals surface area contributed by atoms with Crippen LogP contribution in [0.1, 0.15) is 0 Å². The molecule has 0 bridgehead atoms. The summed E-state index contributed by atoms with van der Waals surface area (Å²) in [6.45, 7) is 0.0155. The first-order valence-electron chi connectivity index (χ1n) is 7.71. The van der Waals surface area contributed by atoms with Crippen molar-refractivity contribution in [2.75, 3.05) is 23.3 Å². The van der Waals surface area contributed by atoms with E-state index >= 15 is 0 Å². The predicted octanol–water partition coefficient (Wildman–Crippen LogP) is 3.19. The average molecular weight is 356 g/mol. The second kappa shape index (κ2) is 6.14. The van der Waals surface area contributed by atoms with Crippen LogP contribution >= 0.6 is 11.6 Å². The normalized spacial score (nSPS) is 13.5. The number of halogens is 1. The summed E-state index contributed by atoms with van der Waals surface area (Å²) in [5.41, 5.74) is 2.25. The van der Waals surface area contributed by atoms with E-state index in [1.807, 2.05) is 30.5 Å². The molecule has 0 atom stereocenters. The van der Waals surface area contributed by atoms with Crippen molar-refractivity contribution in [1.82, 2.24) is 4.98 Å². The average Bonchev–Trinajstić information content (AvgIpc) is 3.03. The van der Waals surface area contributed by atoms with Gasteiger partial charge in [0.25, 0.3) is 0 Å². The van der Waals surface area contributed by atoms with E-state index in [1.54, 1.807) is 23.1 Å². The van der Waals surface area contributed by atoms with Gasteiger partial charge in [-0.15, -0.1) is 0 Å². The zero-order valence-electron chi connectivity index (χ0n) is 13.1. The Hall–Kier alpha value is -2.99. The second-order valence-corrected chi connectivity index (χ2v) is 6.21. The first-order valence-corrected chi connectivity index (χ1v) is 8.08. The molecule has 0 spiro atoms. The van der Waals surface area contributed by atoms with Crippen molar-refractivity contribution in [3.8, 4) is 5.75 Å². The highest BCUT2D eigenvalue weighted by Crippen LogP contribution is 2.34. The molecule has 0 saturated carbocycles.